The van der Waals surface area contributed by atoms with Crippen LogP contribution in [0.25, 0.3) is 0 Å². The van der Waals surface area contributed by atoms with Gasteiger partial charge in [-0.3, -0.25) is 4.90 Å². The summed E-state index contributed by atoms with van der Waals surface area (Å²) in [4.78, 5) is 1.63. The topological polar surface area (TPSA) is 49.4 Å². The summed E-state index contributed by atoms with van der Waals surface area (Å²) in [7, 11) is -5.32. The van der Waals surface area contributed by atoms with Gasteiger partial charge in [0.15, 0.2) is 0 Å². The number of rotatable bonds is 3. The molecule has 0 aliphatic carbocycles. The SMILES string of the molecule is CC(C)(C)N1CCC(Nc2cccc(S(=O)(=O)C(F)(F)F)c2)CC1. The quantitative estimate of drug-likeness (QED) is 0.889. The monoisotopic (exact) mass is 364 g/mol. The molecule has 1 N–H and O–H groups in total. The van der Waals surface area contributed by atoms with Gasteiger partial charge in [0.05, 0.1) is 4.90 Å². The van der Waals surface area contributed by atoms with Crippen molar-refractivity contribution in [1.29, 1.82) is 0 Å². The van der Waals surface area contributed by atoms with Crippen LogP contribution in [0.5, 0.6) is 0 Å². The second kappa shape index (κ2) is 6.55. The highest BCUT2D eigenvalue weighted by atomic mass is 32.2. The Balaban J connectivity index is 2.07. The van der Waals surface area contributed by atoms with E-state index >= 15 is 0 Å². The molecule has 1 aromatic rings. The van der Waals surface area contributed by atoms with E-state index in [0.717, 1.165) is 38.1 Å². The fraction of sp³-hybridized carbons (Fsp3) is 0.625. The number of nitrogens with zero attached hydrogens (tertiary/aromatic N) is 1. The molecule has 0 saturated carbocycles. The van der Waals surface area contributed by atoms with Crippen LogP contribution in [0.2, 0.25) is 0 Å². The summed E-state index contributed by atoms with van der Waals surface area (Å²) < 4.78 is 60.9. The van der Waals surface area contributed by atoms with Crippen LogP contribution < -0.4 is 5.32 Å². The lowest BCUT2D eigenvalue weighted by molar-refractivity contribution is -0.0435. The van der Waals surface area contributed by atoms with Crippen molar-refractivity contribution in [3.05, 3.63) is 24.3 Å². The highest BCUT2D eigenvalue weighted by Gasteiger charge is 2.46. The molecule has 1 saturated heterocycles. The molecule has 0 unspecified atom stereocenters. The van der Waals surface area contributed by atoms with Gasteiger partial charge in [0.2, 0.25) is 0 Å². The normalized spacial score (nSPS) is 18.6. The zero-order valence-electron chi connectivity index (χ0n) is 14.0. The van der Waals surface area contributed by atoms with Gasteiger partial charge in [-0.25, -0.2) is 8.42 Å². The number of nitrogens with one attached hydrogen (secondary N) is 1. The lowest BCUT2D eigenvalue weighted by Crippen LogP contribution is -2.48. The van der Waals surface area contributed by atoms with Gasteiger partial charge in [-0.05, 0) is 51.8 Å². The Morgan fingerprint density at radius 2 is 1.71 bits per heavy atom. The Hall–Kier alpha value is -1.28. The number of piperidine rings is 1. The van der Waals surface area contributed by atoms with E-state index in [1.54, 1.807) is 6.07 Å². The zero-order valence-corrected chi connectivity index (χ0v) is 14.8. The highest BCUT2D eigenvalue weighted by Crippen LogP contribution is 2.31. The van der Waals surface area contributed by atoms with Gasteiger partial charge >= 0.3 is 5.51 Å². The first-order chi connectivity index (χ1) is 10.9. The molecule has 0 spiro atoms. The minimum atomic E-state index is -5.32. The third kappa shape index (κ3) is 4.22. The maximum Gasteiger partial charge on any atom is 0.501 e. The first-order valence-electron chi connectivity index (χ1n) is 7.84. The van der Waals surface area contributed by atoms with E-state index in [2.05, 4.69) is 31.0 Å². The summed E-state index contributed by atoms with van der Waals surface area (Å²) in [6, 6.07) is 5.05. The van der Waals surface area contributed by atoms with Crippen LogP contribution in [-0.4, -0.2) is 43.5 Å². The minimum Gasteiger partial charge on any atom is -0.382 e. The number of benzene rings is 1. The Kier molecular flexibility index (Phi) is 5.20. The molecule has 1 aromatic carbocycles. The maximum atomic E-state index is 12.7. The summed E-state index contributed by atoms with van der Waals surface area (Å²) >= 11 is 0. The molecule has 24 heavy (non-hydrogen) atoms. The van der Waals surface area contributed by atoms with Crippen molar-refractivity contribution in [2.24, 2.45) is 0 Å². The van der Waals surface area contributed by atoms with Gasteiger partial charge in [-0.2, -0.15) is 13.2 Å². The lowest BCUT2D eigenvalue weighted by atomic mass is 9.98. The van der Waals surface area contributed by atoms with Gasteiger partial charge < -0.3 is 5.32 Å². The summed E-state index contributed by atoms with van der Waals surface area (Å²) in [6.07, 6.45) is 1.71. The van der Waals surface area contributed by atoms with Crippen molar-refractivity contribution in [2.75, 3.05) is 18.4 Å². The average Bonchev–Trinajstić information content (AvgIpc) is 2.46. The molecule has 0 amide bonds. The van der Waals surface area contributed by atoms with Gasteiger partial charge in [-0.1, -0.05) is 6.07 Å². The van der Waals surface area contributed by atoms with Crippen LogP contribution in [-0.2, 0) is 9.84 Å². The van der Waals surface area contributed by atoms with Crippen LogP contribution in [0, 0.1) is 0 Å². The van der Waals surface area contributed by atoms with Crippen LogP contribution in [0.4, 0.5) is 18.9 Å². The van der Waals surface area contributed by atoms with Crippen molar-refractivity contribution in [1.82, 2.24) is 4.90 Å². The molecule has 1 aliphatic rings. The molecule has 0 aromatic heterocycles. The molecular weight excluding hydrogens is 341 g/mol. The first-order valence-corrected chi connectivity index (χ1v) is 9.32. The molecule has 4 nitrogen and oxygen atoms in total. The zero-order chi connectivity index (χ0) is 18.2. The fourth-order valence-electron chi connectivity index (χ4n) is 2.82. The van der Waals surface area contributed by atoms with E-state index in [9.17, 15) is 21.6 Å². The van der Waals surface area contributed by atoms with Crippen LogP contribution in [0.1, 0.15) is 33.6 Å². The molecule has 136 valence electrons. The van der Waals surface area contributed by atoms with E-state index in [-0.39, 0.29) is 11.6 Å². The number of halogens is 3. The maximum absolute atomic E-state index is 12.7. The third-order valence-corrected chi connectivity index (χ3v) is 5.75. The second-order valence-electron chi connectivity index (χ2n) is 7.05. The first kappa shape index (κ1) is 19.1. The summed E-state index contributed by atoms with van der Waals surface area (Å²) in [5, 5.41) is 3.16. The Morgan fingerprint density at radius 1 is 1.12 bits per heavy atom. The van der Waals surface area contributed by atoms with E-state index in [0.29, 0.717) is 5.69 Å². The lowest BCUT2D eigenvalue weighted by Gasteiger charge is -2.41. The van der Waals surface area contributed by atoms with Crippen molar-refractivity contribution in [3.63, 3.8) is 0 Å². The Labute approximate surface area is 141 Å². The summed E-state index contributed by atoms with van der Waals surface area (Å²) in [5.41, 5.74) is -4.80. The smallest absolute Gasteiger partial charge is 0.382 e. The van der Waals surface area contributed by atoms with Gasteiger partial charge in [-0.15, -0.1) is 0 Å². The number of anilines is 1. The summed E-state index contributed by atoms with van der Waals surface area (Å²) in [5.74, 6) is 0. The highest BCUT2D eigenvalue weighted by molar-refractivity contribution is 7.92. The number of sulfone groups is 1. The van der Waals surface area contributed by atoms with Gasteiger partial charge in [0, 0.05) is 30.4 Å². The van der Waals surface area contributed by atoms with Crippen molar-refractivity contribution < 1.29 is 21.6 Å². The standard InChI is InChI=1S/C16H23F3N2O2S/c1-15(2,3)21-9-7-12(8-10-21)20-13-5-4-6-14(11-13)24(22,23)16(17,18)19/h4-6,11-12,20H,7-10H2,1-3H3. The molecule has 1 aliphatic heterocycles. The van der Waals surface area contributed by atoms with E-state index in [1.807, 2.05) is 0 Å². The number of likely N-dealkylation sites (tertiary alicyclic amines) is 1. The predicted octanol–water partition coefficient (Wildman–Crippen LogP) is 3.65. The molecule has 0 bridgehead atoms. The number of hydrogen-bond donors (Lipinski definition) is 1. The van der Waals surface area contributed by atoms with Gasteiger partial charge in [0.1, 0.15) is 0 Å². The van der Waals surface area contributed by atoms with Crippen molar-refractivity contribution >= 4 is 15.5 Å². The van der Waals surface area contributed by atoms with Crippen molar-refractivity contribution in [3.8, 4) is 0 Å². The Morgan fingerprint density at radius 3 is 2.21 bits per heavy atom. The summed E-state index contributed by atoms with van der Waals surface area (Å²) in [6.45, 7) is 8.22. The van der Waals surface area contributed by atoms with E-state index in [1.165, 1.54) is 6.07 Å². The van der Waals surface area contributed by atoms with Crippen LogP contribution >= 0.6 is 0 Å². The molecular formula is C16H23F3N2O2S. The van der Waals surface area contributed by atoms with E-state index < -0.39 is 20.2 Å². The molecule has 0 radical (unpaired) electrons. The van der Waals surface area contributed by atoms with E-state index in [4.69, 9.17) is 0 Å². The van der Waals surface area contributed by atoms with Gasteiger partial charge in [0.25, 0.3) is 9.84 Å². The fourth-order valence-corrected chi connectivity index (χ4v) is 3.62. The van der Waals surface area contributed by atoms with Crippen LogP contribution in [0.3, 0.4) is 0 Å². The van der Waals surface area contributed by atoms with Crippen LogP contribution in [0.15, 0.2) is 29.2 Å². The average molecular weight is 364 g/mol. The predicted molar refractivity (Wildman–Crippen MR) is 87.7 cm³/mol. The van der Waals surface area contributed by atoms with Crippen molar-refractivity contribution in [2.45, 2.75) is 55.6 Å². The molecule has 1 fully saturated rings. The molecule has 1 heterocycles. The molecule has 8 heteroatoms. The number of hydrogen-bond acceptors (Lipinski definition) is 4. The largest absolute Gasteiger partial charge is 0.501 e. The molecule has 0 atom stereocenters. The third-order valence-electron chi connectivity index (χ3n) is 4.26. The molecule has 2 rings (SSSR count). The second-order valence-corrected chi connectivity index (χ2v) is 8.99. The number of alkyl halides is 3. The Bertz CT molecular complexity index is 673. The minimum absolute atomic E-state index is 0.0890.